The molecule has 0 aliphatic rings. The summed E-state index contributed by atoms with van der Waals surface area (Å²) < 4.78 is 27.5. The molecule has 2 aromatic heterocycles. The van der Waals surface area contributed by atoms with Crippen LogP contribution in [0.3, 0.4) is 0 Å². The molecule has 0 aliphatic carbocycles. The Morgan fingerprint density at radius 2 is 1.65 bits per heavy atom. The summed E-state index contributed by atoms with van der Waals surface area (Å²) in [6, 6.07) is 19.8. The summed E-state index contributed by atoms with van der Waals surface area (Å²) in [6.07, 6.45) is 4.95. The Hall–Kier alpha value is -3.25. The zero-order valence-corrected chi connectivity index (χ0v) is 14.5. The molecule has 26 heavy (non-hydrogen) atoms. The third-order valence-corrected chi connectivity index (χ3v) is 5.38. The molecule has 2 aromatic carbocycles. The Morgan fingerprint density at radius 1 is 0.808 bits per heavy atom. The summed E-state index contributed by atoms with van der Waals surface area (Å²) in [5, 5.41) is 1.01. The van der Waals surface area contributed by atoms with E-state index in [4.69, 9.17) is 0 Å². The zero-order valence-electron chi connectivity index (χ0n) is 13.7. The Kier molecular flexibility index (Phi) is 4.10. The van der Waals surface area contributed by atoms with E-state index in [1.807, 2.05) is 30.3 Å². The van der Waals surface area contributed by atoms with Crippen LogP contribution in [0.2, 0.25) is 0 Å². The van der Waals surface area contributed by atoms with Gasteiger partial charge in [-0.3, -0.25) is 14.7 Å². The van der Waals surface area contributed by atoms with E-state index < -0.39 is 10.0 Å². The summed E-state index contributed by atoms with van der Waals surface area (Å²) in [5.74, 6) is 0. The predicted octanol–water partition coefficient (Wildman–Crippen LogP) is 4.10. The van der Waals surface area contributed by atoms with Crippen molar-refractivity contribution >= 4 is 26.6 Å². The van der Waals surface area contributed by atoms with Gasteiger partial charge in [-0.1, -0.05) is 30.3 Å². The van der Waals surface area contributed by atoms with Gasteiger partial charge in [0.2, 0.25) is 0 Å². The minimum absolute atomic E-state index is 0.210. The molecule has 1 N–H and O–H groups in total. The van der Waals surface area contributed by atoms with E-state index in [0.29, 0.717) is 5.69 Å². The molecule has 0 radical (unpaired) electrons. The first-order valence-corrected chi connectivity index (χ1v) is 9.48. The molecule has 0 saturated carbocycles. The van der Waals surface area contributed by atoms with Crippen molar-refractivity contribution in [2.45, 2.75) is 4.90 Å². The van der Waals surface area contributed by atoms with Crippen molar-refractivity contribution in [2.24, 2.45) is 0 Å². The van der Waals surface area contributed by atoms with Gasteiger partial charge in [-0.2, -0.15) is 0 Å². The molecule has 4 aromatic rings. The first-order valence-electron chi connectivity index (χ1n) is 8.00. The van der Waals surface area contributed by atoms with E-state index >= 15 is 0 Å². The Balaban J connectivity index is 1.68. The molecular formula is C20H15N3O2S. The summed E-state index contributed by atoms with van der Waals surface area (Å²) >= 11 is 0. The van der Waals surface area contributed by atoms with Crippen LogP contribution in [0.1, 0.15) is 0 Å². The first-order chi connectivity index (χ1) is 12.6. The quantitative estimate of drug-likeness (QED) is 0.594. The number of nitrogens with zero attached hydrogens (tertiary/aromatic N) is 2. The summed E-state index contributed by atoms with van der Waals surface area (Å²) in [5.41, 5.74) is 3.09. The van der Waals surface area contributed by atoms with Gasteiger partial charge < -0.3 is 0 Å². The summed E-state index contributed by atoms with van der Waals surface area (Å²) in [7, 11) is -3.65. The van der Waals surface area contributed by atoms with E-state index in [0.717, 1.165) is 22.0 Å². The number of pyridine rings is 2. The van der Waals surface area contributed by atoms with Crippen LogP contribution in [0.4, 0.5) is 5.69 Å². The highest BCUT2D eigenvalue weighted by molar-refractivity contribution is 7.92. The lowest BCUT2D eigenvalue weighted by atomic mass is 10.0. The van der Waals surface area contributed by atoms with Gasteiger partial charge in [-0.15, -0.1) is 0 Å². The molecule has 0 aliphatic heterocycles. The molecule has 0 atom stereocenters. The van der Waals surface area contributed by atoms with Crippen molar-refractivity contribution in [3.05, 3.63) is 85.3 Å². The standard InChI is InChI=1S/C20H15N3O2S/c24-26(25,19-6-2-1-3-7-19)23-18-12-17(13-21-14-18)15-8-9-20-16(11-15)5-4-10-22-20/h1-14,23H. The SMILES string of the molecule is O=S(=O)(Nc1cncc(-c2ccc3ncccc3c2)c1)c1ccccc1. The predicted molar refractivity (Wildman–Crippen MR) is 102 cm³/mol. The number of rotatable bonds is 4. The zero-order chi connectivity index (χ0) is 18.0. The second kappa shape index (κ2) is 6.57. The largest absolute Gasteiger partial charge is 0.278 e. The average molecular weight is 361 g/mol. The number of anilines is 1. The third kappa shape index (κ3) is 3.27. The Labute approximate surface area is 151 Å². The van der Waals surface area contributed by atoms with Crippen LogP contribution in [0.25, 0.3) is 22.0 Å². The van der Waals surface area contributed by atoms with Crippen molar-refractivity contribution in [2.75, 3.05) is 4.72 Å². The Bertz CT molecular complexity index is 1180. The molecular weight excluding hydrogens is 346 g/mol. The molecule has 0 unspecified atom stereocenters. The monoisotopic (exact) mass is 361 g/mol. The molecule has 0 amide bonds. The van der Waals surface area contributed by atoms with Gasteiger partial charge in [-0.05, 0) is 42.0 Å². The van der Waals surface area contributed by atoms with Gasteiger partial charge in [0.15, 0.2) is 0 Å². The van der Waals surface area contributed by atoms with Gasteiger partial charge in [0.25, 0.3) is 10.0 Å². The number of hydrogen-bond acceptors (Lipinski definition) is 4. The minimum Gasteiger partial charge on any atom is -0.278 e. The van der Waals surface area contributed by atoms with Crippen LogP contribution in [0.15, 0.2) is 90.2 Å². The number of benzene rings is 2. The van der Waals surface area contributed by atoms with Gasteiger partial charge in [0.05, 0.1) is 22.3 Å². The fourth-order valence-electron chi connectivity index (χ4n) is 2.72. The van der Waals surface area contributed by atoms with Gasteiger partial charge in [0.1, 0.15) is 0 Å². The summed E-state index contributed by atoms with van der Waals surface area (Å²) in [6.45, 7) is 0. The lowest BCUT2D eigenvalue weighted by Gasteiger charge is -2.09. The maximum absolute atomic E-state index is 12.5. The van der Waals surface area contributed by atoms with Crippen molar-refractivity contribution < 1.29 is 8.42 Å². The van der Waals surface area contributed by atoms with Crippen molar-refractivity contribution in [3.8, 4) is 11.1 Å². The number of fused-ring (bicyclic) bond motifs is 1. The van der Waals surface area contributed by atoms with E-state index in [1.165, 1.54) is 6.20 Å². The second-order valence-electron chi connectivity index (χ2n) is 5.79. The van der Waals surface area contributed by atoms with Gasteiger partial charge in [0, 0.05) is 23.3 Å². The van der Waals surface area contributed by atoms with Crippen LogP contribution in [-0.2, 0) is 10.0 Å². The number of aromatic nitrogens is 2. The highest BCUT2D eigenvalue weighted by Gasteiger charge is 2.14. The lowest BCUT2D eigenvalue weighted by Crippen LogP contribution is -2.12. The van der Waals surface area contributed by atoms with Crippen LogP contribution in [-0.4, -0.2) is 18.4 Å². The third-order valence-electron chi connectivity index (χ3n) is 3.98. The maximum atomic E-state index is 12.5. The smallest absolute Gasteiger partial charge is 0.261 e. The van der Waals surface area contributed by atoms with Crippen LogP contribution in [0, 0.1) is 0 Å². The van der Waals surface area contributed by atoms with Crippen molar-refractivity contribution in [1.82, 2.24) is 9.97 Å². The molecule has 0 saturated heterocycles. The fraction of sp³-hybridized carbons (Fsp3) is 0. The van der Waals surface area contributed by atoms with Crippen LogP contribution >= 0.6 is 0 Å². The Morgan fingerprint density at radius 3 is 2.50 bits per heavy atom. The molecule has 0 fully saturated rings. The number of hydrogen-bond donors (Lipinski definition) is 1. The normalized spacial score (nSPS) is 11.4. The van der Waals surface area contributed by atoms with Crippen molar-refractivity contribution in [1.29, 1.82) is 0 Å². The molecule has 0 spiro atoms. The number of sulfonamides is 1. The first kappa shape index (κ1) is 16.2. The van der Waals surface area contributed by atoms with Crippen LogP contribution in [0.5, 0.6) is 0 Å². The molecule has 2 heterocycles. The van der Waals surface area contributed by atoms with E-state index in [1.54, 1.807) is 48.8 Å². The molecule has 4 rings (SSSR count). The van der Waals surface area contributed by atoms with Crippen molar-refractivity contribution in [3.63, 3.8) is 0 Å². The second-order valence-corrected chi connectivity index (χ2v) is 7.47. The molecule has 5 nitrogen and oxygen atoms in total. The van der Waals surface area contributed by atoms with E-state index in [2.05, 4.69) is 14.7 Å². The lowest BCUT2D eigenvalue weighted by molar-refractivity contribution is 0.601. The van der Waals surface area contributed by atoms with E-state index in [9.17, 15) is 8.42 Å². The van der Waals surface area contributed by atoms with Gasteiger partial charge in [-0.25, -0.2) is 8.42 Å². The topological polar surface area (TPSA) is 72.0 Å². The van der Waals surface area contributed by atoms with E-state index in [-0.39, 0.29) is 4.90 Å². The van der Waals surface area contributed by atoms with Gasteiger partial charge >= 0.3 is 0 Å². The minimum atomic E-state index is -3.65. The highest BCUT2D eigenvalue weighted by atomic mass is 32.2. The fourth-order valence-corrected chi connectivity index (χ4v) is 3.78. The maximum Gasteiger partial charge on any atom is 0.261 e. The van der Waals surface area contributed by atoms with Crippen LogP contribution < -0.4 is 4.72 Å². The molecule has 0 bridgehead atoms. The average Bonchev–Trinajstić information content (AvgIpc) is 2.68. The summed E-state index contributed by atoms with van der Waals surface area (Å²) in [4.78, 5) is 8.70. The molecule has 6 heteroatoms. The number of nitrogens with one attached hydrogen (secondary N) is 1. The highest BCUT2D eigenvalue weighted by Crippen LogP contribution is 2.26. The molecule has 128 valence electrons.